The quantitative estimate of drug-likeness (QED) is 0.536. The first kappa shape index (κ1) is 17.0. The van der Waals surface area contributed by atoms with Crippen LogP contribution in [0.2, 0.25) is 0 Å². The molecule has 0 atom stereocenters. The largest absolute Gasteiger partial charge is 0.332 e. The summed E-state index contributed by atoms with van der Waals surface area (Å²) in [5, 5.41) is 0. The van der Waals surface area contributed by atoms with Gasteiger partial charge in [-0.1, -0.05) is 12.8 Å². The lowest BCUT2D eigenvalue weighted by atomic mass is 10.1. The standard InChI is InChI=1S/C20H20FN5O2/c1-23-17-16(18(27)24(2)20(23)28)25-11-15(12-7-9-13(21)10-8-12)26(19(25)22-17)14-5-3-4-6-14/h7-11,14H,3-6H2,1-2H3. The summed E-state index contributed by atoms with van der Waals surface area (Å²) < 4.78 is 19.9. The molecular formula is C20H20FN5O2. The monoisotopic (exact) mass is 381 g/mol. The lowest BCUT2D eigenvalue weighted by molar-refractivity contribution is 0.535. The number of hydrogen-bond acceptors (Lipinski definition) is 3. The average molecular weight is 381 g/mol. The molecule has 0 amide bonds. The molecule has 3 aromatic heterocycles. The van der Waals surface area contributed by atoms with Gasteiger partial charge in [-0.2, -0.15) is 4.98 Å². The first-order valence-corrected chi connectivity index (χ1v) is 9.42. The Morgan fingerprint density at radius 2 is 1.71 bits per heavy atom. The molecule has 1 fully saturated rings. The molecule has 28 heavy (non-hydrogen) atoms. The smallest absolute Gasteiger partial charge is 0.306 e. The van der Waals surface area contributed by atoms with Crippen LogP contribution in [0.5, 0.6) is 0 Å². The Balaban J connectivity index is 1.90. The molecule has 0 radical (unpaired) electrons. The van der Waals surface area contributed by atoms with E-state index in [-0.39, 0.29) is 17.4 Å². The molecule has 0 saturated heterocycles. The topological polar surface area (TPSA) is 66.2 Å². The predicted molar refractivity (Wildman–Crippen MR) is 104 cm³/mol. The summed E-state index contributed by atoms with van der Waals surface area (Å²) in [5.74, 6) is 0.348. The first-order chi connectivity index (χ1) is 13.5. The number of halogens is 1. The second kappa shape index (κ2) is 5.92. The molecule has 0 N–H and O–H groups in total. The molecule has 144 valence electrons. The number of nitrogens with zero attached hydrogens (tertiary/aromatic N) is 5. The van der Waals surface area contributed by atoms with Crippen LogP contribution in [0, 0.1) is 5.82 Å². The zero-order valence-electron chi connectivity index (χ0n) is 15.7. The lowest BCUT2D eigenvalue weighted by Gasteiger charge is -2.15. The summed E-state index contributed by atoms with van der Waals surface area (Å²) in [5.41, 5.74) is 1.74. The fourth-order valence-electron chi connectivity index (χ4n) is 4.34. The van der Waals surface area contributed by atoms with Crippen LogP contribution in [0.1, 0.15) is 31.7 Å². The predicted octanol–water partition coefficient (Wildman–Crippen LogP) is 2.61. The molecule has 7 nitrogen and oxygen atoms in total. The number of benzene rings is 1. The van der Waals surface area contributed by atoms with Gasteiger partial charge >= 0.3 is 5.69 Å². The highest BCUT2D eigenvalue weighted by Gasteiger charge is 2.26. The summed E-state index contributed by atoms with van der Waals surface area (Å²) in [6.45, 7) is 0. The minimum atomic E-state index is -0.399. The van der Waals surface area contributed by atoms with Crippen molar-refractivity contribution in [3.05, 3.63) is 57.1 Å². The second-order valence-corrected chi connectivity index (χ2v) is 7.49. The maximum Gasteiger partial charge on any atom is 0.332 e. The normalized spacial score (nSPS) is 15.2. The number of imidazole rings is 2. The molecule has 4 aromatic rings. The van der Waals surface area contributed by atoms with Crippen molar-refractivity contribution in [2.75, 3.05) is 0 Å². The van der Waals surface area contributed by atoms with E-state index in [2.05, 4.69) is 9.55 Å². The molecule has 0 spiro atoms. The molecule has 0 aliphatic heterocycles. The van der Waals surface area contributed by atoms with Gasteiger partial charge in [0.2, 0.25) is 5.78 Å². The highest BCUT2D eigenvalue weighted by atomic mass is 19.1. The first-order valence-electron chi connectivity index (χ1n) is 9.42. The van der Waals surface area contributed by atoms with Crippen LogP contribution in [-0.4, -0.2) is 23.1 Å². The summed E-state index contributed by atoms with van der Waals surface area (Å²) in [7, 11) is 3.09. The van der Waals surface area contributed by atoms with Crippen LogP contribution in [-0.2, 0) is 14.1 Å². The van der Waals surface area contributed by atoms with Gasteiger partial charge in [0.05, 0.1) is 5.69 Å². The van der Waals surface area contributed by atoms with Crippen molar-refractivity contribution in [3.63, 3.8) is 0 Å². The van der Waals surface area contributed by atoms with E-state index in [1.54, 1.807) is 23.6 Å². The van der Waals surface area contributed by atoms with Gasteiger partial charge in [-0.3, -0.25) is 18.3 Å². The van der Waals surface area contributed by atoms with Gasteiger partial charge in [-0.15, -0.1) is 0 Å². The molecule has 1 aliphatic rings. The van der Waals surface area contributed by atoms with Crippen LogP contribution in [0.25, 0.3) is 28.2 Å². The van der Waals surface area contributed by atoms with Gasteiger partial charge < -0.3 is 4.57 Å². The van der Waals surface area contributed by atoms with Crippen molar-refractivity contribution >= 4 is 16.9 Å². The highest BCUT2D eigenvalue weighted by molar-refractivity contribution is 5.78. The third kappa shape index (κ3) is 2.23. The molecule has 5 rings (SSSR count). The van der Waals surface area contributed by atoms with Gasteiger partial charge in [-0.05, 0) is 42.7 Å². The van der Waals surface area contributed by atoms with Crippen molar-refractivity contribution < 1.29 is 4.39 Å². The van der Waals surface area contributed by atoms with Crippen molar-refractivity contribution in [3.8, 4) is 11.3 Å². The number of aromatic nitrogens is 5. The van der Waals surface area contributed by atoms with E-state index in [4.69, 9.17) is 0 Å². The zero-order chi connectivity index (χ0) is 19.6. The Labute approximate surface area is 159 Å². The number of rotatable bonds is 2. The van der Waals surface area contributed by atoms with E-state index >= 15 is 0 Å². The number of hydrogen-bond donors (Lipinski definition) is 0. The number of aryl methyl sites for hydroxylation is 1. The van der Waals surface area contributed by atoms with Crippen molar-refractivity contribution in [1.82, 2.24) is 23.1 Å². The lowest BCUT2D eigenvalue weighted by Crippen LogP contribution is -2.37. The van der Waals surface area contributed by atoms with E-state index in [1.807, 2.05) is 6.20 Å². The van der Waals surface area contributed by atoms with Crippen molar-refractivity contribution in [1.29, 1.82) is 0 Å². The third-order valence-electron chi connectivity index (χ3n) is 5.83. The minimum absolute atomic E-state index is 0.259. The van der Waals surface area contributed by atoms with E-state index in [1.165, 1.54) is 23.7 Å². The summed E-state index contributed by atoms with van der Waals surface area (Å²) in [6, 6.07) is 6.61. The Morgan fingerprint density at radius 1 is 1.04 bits per heavy atom. The second-order valence-electron chi connectivity index (χ2n) is 7.49. The van der Waals surface area contributed by atoms with E-state index in [0.717, 1.165) is 41.5 Å². The molecule has 0 unspecified atom stereocenters. The fourth-order valence-corrected chi connectivity index (χ4v) is 4.34. The summed E-state index contributed by atoms with van der Waals surface area (Å²) in [4.78, 5) is 29.8. The van der Waals surface area contributed by atoms with E-state index < -0.39 is 5.69 Å². The molecule has 1 aromatic carbocycles. The van der Waals surface area contributed by atoms with Gasteiger partial charge in [-0.25, -0.2) is 9.18 Å². The minimum Gasteiger partial charge on any atom is -0.306 e. The van der Waals surface area contributed by atoms with Crippen LogP contribution in [0.3, 0.4) is 0 Å². The van der Waals surface area contributed by atoms with Crippen LogP contribution < -0.4 is 11.2 Å². The van der Waals surface area contributed by atoms with Gasteiger partial charge in [0, 0.05) is 26.3 Å². The maximum atomic E-state index is 13.4. The molecule has 3 heterocycles. The third-order valence-corrected chi connectivity index (χ3v) is 5.83. The summed E-state index contributed by atoms with van der Waals surface area (Å²) >= 11 is 0. The van der Waals surface area contributed by atoms with Crippen molar-refractivity contribution in [2.45, 2.75) is 31.7 Å². The molecule has 8 heteroatoms. The Morgan fingerprint density at radius 3 is 2.39 bits per heavy atom. The summed E-state index contributed by atoms with van der Waals surface area (Å²) in [6.07, 6.45) is 6.20. The highest BCUT2D eigenvalue weighted by Crippen LogP contribution is 2.36. The van der Waals surface area contributed by atoms with Crippen LogP contribution in [0.4, 0.5) is 4.39 Å². The average Bonchev–Trinajstić information content (AvgIpc) is 3.40. The van der Waals surface area contributed by atoms with E-state index in [0.29, 0.717) is 16.9 Å². The van der Waals surface area contributed by atoms with E-state index in [9.17, 15) is 14.0 Å². The molecular weight excluding hydrogens is 361 g/mol. The SMILES string of the molecule is Cn1c(=O)c2c(nc3n(C4CCCC4)c(-c4ccc(F)cc4)cn23)n(C)c1=O. The molecule has 0 bridgehead atoms. The van der Waals surface area contributed by atoms with Crippen LogP contribution >= 0.6 is 0 Å². The Bertz CT molecular complexity index is 1330. The zero-order valence-corrected chi connectivity index (χ0v) is 15.7. The van der Waals surface area contributed by atoms with Gasteiger partial charge in [0.15, 0.2) is 11.2 Å². The fraction of sp³-hybridized carbons (Fsp3) is 0.350. The van der Waals surface area contributed by atoms with Gasteiger partial charge in [0.1, 0.15) is 5.82 Å². The van der Waals surface area contributed by atoms with Crippen LogP contribution in [0.15, 0.2) is 40.1 Å². The molecule has 1 aliphatic carbocycles. The van der Waals surface area contributed by atoms with Crippen molar-refractivity contribution in [2.24, 2.45) is 14.1 Å². The molecule has 1 saturated carbocycles. The Kier molecular flexibility index (Phi) is 3.59. The maximum absolute atomic E-state index is 13.4. The Hall–Kier alpha value is -3.16. The number of fused-ring (bicyclic) bond motifs is 3. The van der Waals surface area contributed by atoms with Gasteiger partial charge in [0.25, 0.3) is 5.56 Å².